The van der Waals surface area contributed by atoms with Crippen LogP contribution in [0.15, 0.2) is 140 Å². The third-order valence-corrected chi connectivity index (χ3v) is 7.85. The molecular weight excluding hydrogens is 494 g/mol. The molecule has 2 heteroatoms. The standard InChI is InChI=1S/C38H26F2/c1-38(39,40)31-20-17-27(18-21-31)36-32-13-7-8-14-33(32)37(30-16-15-26-11-5-6-12-28(26)23-30)35-24-29(19-22-34(35)36)25-9-3-2-4-10-25/h2-24H,1H3. The van der Waals surface area contributed by atoms with E-state index in [4.69, 9.17) is 0 Å². The number of hydrogen-bond donors (Lipinski definition) is 0. The number of rotatable bonds is 4. The molecule has 0 saturated heterocycles. The molecule has 0 fully saturated rings. The average molecular weight is 521 g/mol. The molecule has 0 heterocycles. The number of fused-ring (bicyclic) bond motifs is 3. The summed E-state index contributed by atoms with van der Waals surface area (Å²) >= 11 is 0. The van der Waals surface area contributed by atoms with E-state index in [2.05, 4.69) is 109 Å². The maximum absolute atomic E-state index is 14.1. The zero-order chi connectivity index (χ0) is 27.3. The predicted octanol–water partition coefficient (Wildman–Crippen LogP) is 11.3. The van der Waals surface area contributed by atoms with Crippen LogP contribution in [0, 0.1) is 0 Å². The number of benzene rings is 7. The average Bonchev–Trinajstić information content (AvgIpc) is 2.99. The smallest absolute Gasteiger partial charge is 0.202 e. The topological polar surface area (TPSA) is 0 Å². The normalized spacial score (nSPS) is 11.9. The van der Waals surface area contributed by atoms with Crippen LogP contribution in [0.4, 0.5) is 8.78 Å². The molecule has 0 unspecified atom stereocenters. The molecule has 0 aromatic heterocycles. The van der Waals surface area contributed by atoms with Gasteiger partial charge in [-0.2, -0.15) is 0 Å². The highest BCUT2D eigenvalue weighted by molar-refractivity contribution is 6.22. The van der Waals surface area contributed by atoms with Gasteiger partial charge in [-0.3, -0.25) is 0 Å². The zero-order valence-electron chi connectivity index (χ0n) is 22.0. The van der Waals surface area contributed by atoms with Crippen molar-refractivity contribution >= 4 is 32.3 Å². The molecule has 0 saturated carbocycles. The molecule has 0 aliphatic carbocycles. The van der Waals surface area contributed by atoms with Crippen LogP contribution in [0.3, 0.4) is 0 Å². The van der Waals surface area contributed by atoms with Crippen LogP contribution in [-0.2, 0) is 5.92 Å². The molecular formula is C38H26F2. The summed E-state index contributed by atoms with van der Waals surface area (Å²) < 4.78 is 28.1. The third-order valence-electron chi connectivity index (χ3n) is 7.85. The van der Waals surface area contributed by atoms with E-state index in [0.717, 1.165) is 56.3 Å². The number of hydrogen-bond acceptors (Lipinski definition) is 0. The van der Waals surface area contributed by atoms with Crippen molar-refractivity contribution in [3.05, 3.63) is 145 Å². The van der Waals surface area contributed by atoms with Crippen LogP contribution in [0.5, 0.6) is 0 Å². The Kier molecular flexibility index (Phi) is 5.71. The lowest BCUT2D eigenvalue weighted by Crippen LogP contribution is -2.06. The van der Waals surface area contributed by atoms with E-state index in [1.807, 2.05) is 18.2 Å². The van der Waals surface area contributed by atoms with E-state index in [0.29, 0.717) is 0 Å². The van der Waals surface area contributed by atoms with Crippen LogP contribution in [0.25, 0.3) is 65.7 Å². The van der Waals surface area contributed by atoms with E-state index in [1.165, 1.54) is 16.3 Å². The number of halogens is 2. The number of alkyl halides is 2. The first-order valence-corrected chi connectivity index (χ1v) is 13.5. The quantitative estimate of drug-likeness (QED) is 0.202. The highest BCUT2D eigenvalue weighted by Crippen LogP contribution is 2.45. The zero-order valence-corrected chi connectivity index (χ0v) is 22.0. The van der Waals surface area contributed by atoms with Crippen LogP contribution in [0.1, 0.15) is 12.5 Å². The molecule has 7 aromatic rings. The molecule has 0 N–H and O–H groups in total. The van der Waals surface area contributed by atoms with Crippen LogP contribution < -0.4 is 0 Å². The first-order chi connectivity index (χ1) is 19.5. The molecule has 40 heavy (non-hydrogen) atoms. The van der Waals surface area contributed by atoms with Gasteiger partial charge < -0.3 is 0 Å². The van der Waals surface area contributed by atoms with Gasteiger partial charge in [0, 0.05) is 12.5 Å². The van der Waals surface area contributed by atoms with Gasteiger partial charge in [0.2, 0.25) is 0 Å². The fraction of sp³-hybridized carbons (Fsp3) is 0.0526. The minimum Gasteiger partial charge on any atom is -0.202 e. The van der Waals surface area contributed by atoms with Gasteiger partial charge in [0.25, 0.3) is 5.92 Å². The Morgan fingerprint density at radius 1 is 0.400 bits per heavy atom. The Balaban J connectivity index is 1.59. The molecule has 192 valence electrons. The monoisotopic (exact) mass is 520 g/mol. The van der Waals surface area contributed by atoms with Crippen molar-refractivity contribution in [1.82, 2.24) is 0 Å². The first-order valence-electron chi connectivity index (χ1n) is 13.5. The lowest BCUT2D eigenvalue weighted by Gasteiger charge is -2.19. The summed E-state index contributed by atoms with van der Waals surface area (Å²) in [5, 5.41) is 6.86. The summed E-state index contributed by atoms with van der Waals surface area (Å²) in [4.78, 5) is 0. The van der Waals surface area contributed by atoms with E-state index in [9.17, 15) is 8.78 Å². The molecule has 0 aliphatic rings. The van der Waals surface area contributed by atoms with E-state index in [1.54, 1.807) is 12.1 Å². The van der Waals surface area contributed by atoms with Gasteiger partial charge in [-0.15, -0.1) is 0 Å². The summed E-state index contributed by atoms with van der Waals surface area (Å²) in [6, 6.07) is 47.3. The van der Waals surface area contributed by atoms with Crippen LogP contribution in [-0.4, -0.2) is 0 Å². The summed E-state index contributed by atoms with van der Waals surface area (Å²) in [5.74, 6) is -2.88. The Morgan fingerprint density at radius 3 is 1.65 bits per heavy atom. The fourth-order valence-corrected chi connectivity index (χ4v) is 5.88. The van der Waals surface area contributed by atoms with Crippen molar-refractivity contribution in [3.63, 3.8) is 0 Å². The maximum Gasteiger partial charge on any atom is 0.270 e. The van der Waals surface area contributed by atoms with E-state index < -0.39 is 5.92 Å². The molecule has 0 bridgehead atoms. The lowest BCUT2D eigenvalue weighted by molar-refractivity contribution is 0.0175. The molecule has 0 aliphatic heterocycles. The lowest BCUT2D eigenvalue weighted by atomic mass is 9.84. The van der Waals surface area contributed by atoms with Gasteiger partial charge in [0.05, 0.1) is 0 Å². The Hall–Kier alpha value is -4.82. The van der Waals surface area contributed by atoms with Crippen molar-refractivity contribution in [2.45, 2.75) is 12.8 Å². The van der Waals surface area contributed by atoms with Gasteiger partial charge in [-0.1, -0.05) is 127 Å². The van der Waals surface area contributed by atoms with E-state index >= 15 is 0 Å². The molecule has 7 rings (SSSR count). The molecule has 0 nitrogen and oxygen atoms in total. The maximum atomic E-state index is 14.1. The van der Waals surface area contributed by atoms with Crippen LogP contribution in [0.2, 0.25) is 0 Å². The summed E-state index contributed by atoms with van der Waals surface area (Å²) in [6.07, 6.45) is 0. The van der Waals surface area contributed by atoms with Crippen LogP contribution >= 0.6 is 0 Å². The Morgan fingerprint density at radius 2 is 0.950 bits per heavy atom. The van der Waals surface area contributed by atoms with Gasteiger partial charge in [-0.05, 0) is 77.8 Å². The minimum absolute atomic E-state index is 0.0176. The second kappa shape index (κ2) is 9.43. The second-order valence-electron chi connectivity index (χ2n) is 10.4. The first kappa shape index (κ1) is 24.2. The molecule has 0 atom stereocenters. The largest absolute Gasteiger partial charge is 0.270 e. The summed E-state index contributed by atoms with van der Waals surface area (Å²) in [7, 11) is 0. The van der Waals surface area contributed by atoms with E-state index in [-0.39, 0.29) is 5.56 Å². The third kappa shape index (κ3) is 4.13. The van der Waals surface area contributed by atoms with Crippen molar-refractivity contribution in [3.8, 4) is 33.4 Å². The minimum atomic E-state index is -2.88. The van der Waals surface area contributed by atoms with Gasteiger partial charge in [0.15, 0.2) is 0 Å². The Labute approximate surface area is 232 Å². The SMILES string of the molecule is CC(F)(F)c1ccc(-c2c3ccccc3c(-c3ccc4ccccc4c3)c3cc(-c4ccccc4)ccc23)cc1. The summed E-state index contributed by atoms with van der Waals surface area (Å²) in [6.45, 7) is 0.941. The highest BCUT2D eigenvalue weighted by Gasteiger charge is 2.24. The van der Waals surface area contributed by atoms with Gasteiger partial charge >= 0.3 is 0 Å². The van der Waals surface area contributed by atoms with Crippen molar-refractivity contribution in [2.75, 3.05) is 0 Å². The van der Waals surface area contributed by atoms with Gasteiger partial charge in [-0.25, -0.2) is 8.78 Å². The van der Waals surface area contributed by atoms with Crippen molar-refractivity contribution < 1.29 is 8.78 Å². The van der Waals surface area contributed by atoms with Crippen molar-refractivity contribution in [2.24, 2.45) is 0 Å². The van der Waals surface area contributed by atoms with Gasteiger partial charge in [0.1, 0.15) is 0 Å². The van der Waals surface area contributed by atoms with Crippen molar-refractivity contribution in [1.29, 1.82) is 0 Å². The summed E-state index contributed by atoms with van der Waals surface area (Å²) in [5.41, 5.74) is 6.61. The second-order valence-corrected chi connectivity index (χ2v) is 10.4. The molecule has 0 radical (unpaired) electrons. The molecule has 0 spiro atoms. The molecule has 0 amide bonds. The predicted molar refractivity (Wildman–Crippen MR) is 165 cm³/mol. The Bertz CT molecular complexity index is 2010. The fourth-order valence-electron chi connectivity index (χ4n) is 5.88. The highest BCUT2D eigenvalue weighted by atomic mass is 19.3. The molecule has 7 aromatic carbocycles.